The van der Waals surface area contributed by atoms with Gasteiger partial charge in [0.2, 0.25) is 5.91 Å². The Bertz CT molecular complexity index is 1500. The van der Waals surface area contributed by atoms with Crippen molar-refractivity contribution in [2.45, 2.75) is 25.8 Å². The van der Waals surface area contributed by atoms with Crippen molar-refractivity contribution in [1.29, 1.82) is 0 Å². The van der Waals surface area contributed by atoms with Crippen molar-refractivity contribution in [1.82, 2.24) is 14.9 Å². The van der Waals surface area contributed by atoms with Crippen molar-refractivity contribution in [3.05, 3.63) is 123 Å². The summed E-state index contributed by atoms with van der Waals surface area (Å²) in [5.74, 6) is 0.290. The van der Waals surface area contributed by atoms with E-state index in [0.717, 1.165) is 38.2 Å². The van der Waals surface area contributed by atoms with Gasteiger partial charge in [0, 0.05) is 33.5 Å². The second kappa shape index (κ2) is 11.4. The number of thioether (sulfide) groups is 1. The number of para-hydroxylation sites is 1. The average Bonchev–Trinajstić information content (AvgIpc) is 3.43. The Morgan fingerprint density at radius 2 is 1.76 bits per heavy atom. The number of nitrogens with one attached hydrogen (secondary N) is 1. The summed E-state index contributed by atoms with van der Waals surface area (Å²) in [6, 6.07) is 27.5. The van der Waals surface area contributed by atoms with Gasteiger partial charge in [0.25, 0.3) is 5.91 Å². The fraction of sp³-hybridized carbons (Fsp3) is 0.167. The number of hydrogen-bond acceptors (Lipinski definition) is 4. The van der Waals surface area contributed by atoms with Crippen LogP contribution in [0.5, 0.6) is 0 Å². The van der Waals surface area contributed by atoms with Crippen LogP contribution in [0.1, 0.15) is 43.8 Å². The minimum atomic E-state index is -0.288. The van der Waals surface area contributed by atoms with E-state index >= 15 is 0 Å². The zero-order chi connectivity index (χ0) is 26.6. The van der Waals surface area contributed by atoms with E-state index in [-0.39, 0.29) is 17.2 Å². The van der Waals surface area contributed by atoms with Crippen LogP contribution in [0.15, 0.2) is 94.5 Å². The third kappa shape index (κ3) is 5.47. The lowest BCUT2D eigenvalue weighted by atomic mass is 10.1. The molecule has 0 spiro atoms. The summed E-state index contributed by atoms with van der Waals surface area (Å²) in [6.45, 7) is 4.64. The molecule has 38 heavy (non-hydrogen) atoms. The fourth-order valence-electron chi connectivity index (χ4n) is 4.63. The number of carbonyl (C=O) groups excluding carboxylic acids is 2. The summed E-state index contributed by atoms with van der Waals surface area (Å²) in [6.07, 6.45) is 1.67. The van der Waals surface area contributed by atoms with E-state index in [1.165, 1.54) is 0 Å². The van der Waals surface area contributed by atoms with E-state index < -0.39 is 0 Å². The summed E-state index contributed by atoms with van der Waals surface area (Å²) >= 11 is 5.23. The number of nitrogens with zero attached hydrogens (tertiary/aromatic N) is 3. The molecule has 1 aliphatic rings. The van der Waals surface area contributed by atoms with Crippen LogP contribution in [0.25, 0.3) is 5.69 Å². The Balaban J connectivity index is 1.25. The van der Waals surface area contributed by atoms with Gasteiger partial charge in [-0.2, -0.15) is 5.10 Å². The van der Waals surface area contributed by atoms with Crippen molar-refractivity contribution < 1.29 is 9.59 Å². The molecule has 8 heteroatoms. The number of amides is 2. The van der Waals surface area contributed by atoms with Gasteiger partial charge in [-0.3, -0.25) is 9.59 Å². The quantitative estimate of drug-likeness (QED) is 0.201. The fourth-order valence-corrected chi connectivity index (χ4v) is 6.28. The highest BCUT2D eigenvalue weighted by atomic mass is 79.9. The molecule has 1 N–H and O–H groups in total. The van der Waals surface area contributed by atoms with E-state index in [9.17, 15) is 9.59 Å². The molecular formula is C30H27BrN4O2S. The van der Waals surface area contributed by atoms with Crippen LogP contribution in [-0.4, -0.2) is 33.2 Å². The van der Waals surface area contributed by atoms with E-state index in [1.807, 2.05) is 85.5 Å². The number of hydrazone groups is 1. The van der Waals surface area contributed by atoms with Crippen molar-refractivity contribution in [3.8, 4) is 5.69 Å². The van der Waals surface area contributed by atoms with Gasteiger partial charge in [-0.25, -0.2) is 5.43 Å². The lowest BCUT2D eigenvalue weighted by molar-refractivity contribution is -0.128. The SMILES string of the molecule is Cc1cc(/C=N\NC(=O)c2ccc([C@@H]3SCC(=O)N3Cc3ccccc3)cc2)c(C)n1-c1ccccc1Br. The summed E-state index contributed by atoms with van der Waals surface area (Å²) in [4.78, 5) is 27.2. The van der Waals surface area contributed by atoms with Gasteiger partial charge < -0.3 is 9.47 Å². The molecule has 1 saturated heterocycles. The molecule has 0 saturated carbocycles. The maximum Gasteiger partial charge on any atom is 0.271 e. The standard InChI is InChI=1S/C30H27BrN4O2S/c1-20-16-25(21(2)35(20)27-11-7-6-10-26(27)31)17-32-33-29(37)23-12-14-24(15-13-23)30-34(28(36)19-38-30)18-22-8-4-3-5-9-22/h3-17,30H,18-19H2,1-2H3,(H,33,37)/b32-17-/t30-/m0/s1. The predicted octanol–water partition coefficient (Wildman–Crippen LogP) is 6.39. The van der Waals surface area contributed by atoms with E-state index in [4.69, 9.17) is 0 Å². The molecule has 6 nitrogen and oxygen atoms in total. The third-order valence-corrected chi connectivity index (χ3v) is 8.48. The van der Waals surface area contributed by atoms with Gasteiger partial charge in [0.05, 0.1) is 17.7 Å². The molecule has 2 heterocycles. The van der Waals surface area contributed by atoms with Crippen LogP contribution >= 0.6 is 27.7 Å². The van der Waals surface area contributed by atoms with Gasteiger partial charge in [-0.05, 0) is 71.2 Å². The largest absolute Gasteiger partial charge is 0.322 e. The molecule has 5 rings (SSSR count). The van der Waals surface area contributed by atoms with Crippen molar-refractivity contribution in [2.75, 3.05) is 5.75 Å². The second-order valence-electron chi connectivity index (χ2n) is 9.11. The molecule has 3 aromatic carbocycles. The molecule has 0 bridgehead atoms. The van der Waals surface area contributed by atoms with E-state index in [0.29, 0.717) is 17.9 Å². The van der Waals surface area contributed by atoms with Crippen LogP contribution in [0.2, 0.25) is 0 Å². The highest BCUT2D eigenvalue weighted by Crippen LogP contribution is 2.39. The minimum Gasteiger partial charge on any atom is -0.322 e. The maximum atomic E-state index is 12.7. The lowest BCUT2D eigenvalue weighted by Crippen LogP contribution is -2.27. The summed E-state index contributed by atoms with van der Waals surface area (Å²) in [7, 11) is 0. The van der Waals surface area contributed by atoms with Crippen molar-refractivity contribution in [3.63, 3.8) is 0 Å². The van der Waals surface area contributed by atoms with E-state index in [2.05, 4.69) is 37.1 Å². The molecule has 2 amide bonds. The topological polar surface area (TPSA) is 66.7 Å². The van der Waals surface area contributed by atoms with Crippen LogP contribution in [-0.2, 0) is 11.3 Å². The number of benzene rings is 3. The minimum absolute atomic E-state index is 0.0715. The number of aryl methyl sites for hydroxylation is 1. The van der Waals surface area contributed by atoms with Gasteiger partial charge in [-0.15, -0.1) is 11.8 Å². The van der Waals surface area contributed by atoms with Crippen molar-refractivity contribution >= 4 is 45.7 Å². The first kappa shape index (κ1) is 26.0. The van der Waals surface area contributed by atoms with Gasteiger partial charge in [-0.1, -0.05) is 54.6 Å². The maximum absolute atomic E-state index is 12.7. The van der Waals surface area contributed by atoms with Crippen molar-refractivity contribution in [2.24, 2.45) is 5.10 Å². The molecule has 0 aliphatic carbocycles. The lowest BCUT2D eigenvalue weighted by Gasteiger charge is -2.24. The number of hydrogen-bond donors (Lipinski definition) is 1. The van der Waals surface area contributed by atoms with Gasteiger partial charge in [0.1, 0.15) is 5.37 Å². The summed E-state index contributed by atoms with van der Waals surface area (Å²) < 4.78 is 3.16. The Labute approximate surface area is 234 Å². The normalized spacial score (nSPS) is 15.4. The number of aromatic nitrogens is 1. The first-order valence-electron chi connectivity index (χ1n) is 12.2. The van der Waals surface area contributed by atoms with Gasteiger partial charge >= 0.3 is 0 Å². The number of carbonyl (C=O) groups is 2. The first-order valence-corrected chi connectivity index (χ1v) is 14.1. The Morgan fingerprint density at radius 3 is 2.50 bits per heavy atom. The van der Waals surface area contributed by atoms with Crippen LogP contribution in [0.4, 0.5) is 0 Å². The second-order valence-corrected chi connectivity index (χ2v) is 11.0. The van der Waals surface area contributed by atoms with Crippen LogP contribution in [0.3, 0.4) is 0 Å². The summed E-state index contributed by atoms with van der Waals surface area (Å²) in [5.41, 5.74) is 9.31. The highest BCUT2D eigenvalue weighted by molar-refractivity contribution is 9.10. The molecule has 1 atom stereocenters. The van der Waals surface area contributed by atoms with E-state index in [1.54, 1.807) is 30.1 Å². The molecule has 0 radical (unpaired) electrons. The average molecular weight is 588 g/mol. The smallest absolute Gasteiger partial charge is 0.271 e. The molecular weight excluding hydrogens is 560 g/mol. The third-order valence-electron chi connectivity index (χ3n) is 6.56. The van der Waals surface area contributed by atoms with Crippen LogP contribution < -0.4 is 5.43 Å². The zero-order valence-corrected chi connectivity index (χ0v) is 23.5. The Morgan fingerprint density at radius 1 is 1.05 bits per heavy atom. The Hall–Kier alpha value is -3.62. The molecule has 1 fully saturated rings. The zero-order valence-electron chi connectivity index (χ0n) is 21.1. The number of rotatable bonds is 7. The first-order chi connectivity index (χ1) is 18.4. The molecule has 1 aliphatic heterocycles. The molecule has 0 unspecified atom stereocenters. The molecule has 4 aromatic rings. The molecule has 1 aromatic heterocycles. The van der Waals surface area contributed by atoms with Gasteiger partial charge in [0.15, 0.2) is 0 Å². The molecule has 192 valence electrons. The Kier molecular flexibility index (Phi) is 7.81. The monoisotopic (exact) mass is 586 g/mol. The number of halogens is 1. The highest BCUT2D eigenvalue weighted by Gasteiger charge is 2.32. The van der Waals surface area contributed by atoms with Crippen LogP contribution in [0, 0.1) is 13.8 Å². The summed E-state index contributed by atoms with van der Waals surface area (Å²) in [5, 5.41) is 4.14. The predicted molar refractivity (Wildman–Crippen MR) is 157 cm³/mol.